The minimum atomic E-state index is -0.496. The van der Waals surface area contributed by atoms with Gasteiger partial charge in [0.15, 0.2) is 0 Å². The van der Waals surface area contributed by atoms with E-state index in [2.05, 4.69) is 6.92 Å². The van der Waals surface area contributed by atoms with Gasteiger partial charge in [-0.15, -0.1) is 0 Å². The summed E-state index contributed by atoms with van der Waals surface area (Å²) >= 11 is 0. The fraction of sp³-hybridized carbons (Fsp3) is 1.00. The molecule has 0 aliphatic rings. The summed E-state index contributed by atoms with van der Waals surface area (Å²) in [6.45, 7) is 2.36. The molecular formula is C14H29O3. The zero-order valence-corrected chi connectivity index (χ0v) is 11.3. The maximum atomic E-state index is 10.5. The van der Waals surface area contributed by atoms with E-state index < -0.39 is 6.10 Å². The molecule has 0 heterocycles. The first-order valence-corrected chi connectivity index (χ1v) is 7.15. The highest BCUT2D eigenvalue weighted by Crippen LogP contribution is 2.09. The van der Waals surface area contributed by atoms with Crippen LogP contribution in [0.5, 0.6) is 0 Å². The van der Waals surface area contributed by atoms with Crippen molar-refractivity contribution in [2.75, 3.05) is 19.8 Å². The number of hydrogen-bond acceptors (Lipinski definition) is 2. The first kappa shape index (κ1) is 16.9. The van der Waals surface area contributed by atoms with E-state index in [4.69, 9.17) is 9.84 Å². The van der Waals surface area contributed by atoms with Gasteiger partial charge in [0.2, 0.25) is 0 Å². The van der Waals surface area contributed by atoms with Crippen molar-refractivity contribution in [3.63, 3.8) is 0 Å². The SMILES string of the molecule is CCCCCCCCCCCOC(C[O])CO. The number of ether oxygens (including phenoxy) is 1. The van der Waals surface area contributed by atoms with Crippen molar-refractivity contribution in [2.45, 2.75) is 70.8 Å². The summed E-state index contributed by atoms with van der Waals surface area (Å²) in [5, 5.41) is 19.2. The quantitative estimate of drug-likeness (QED) is 0.506. The lowest BCUT2D eigenvalue weighted by molar-refractivity contribution is -0.0380. The standard InChI is InChI=1S/C14H29O3/c1-2-3-4-5-6-7-8-9-10-11-17-14(12-15)13-16/h14-15H,2-13H2,1H3. The molecular weight excluding hydrogens is 216 g/mol. The van der Waals surface area contributed by atoms with Crippen LogP contribution in [0.1, 0.15) is 64.7 Å². The monoisotopic (exact) mass is 245 g/mol. The summed E-state index contributed by atoms with van der Waals surface area (Å²) in [5.74, 6) is 0. The molecule has 1 atom stereocenters. The van der Waals surface area contributed by atoms with Crippen molar-refractivity contribution in [3.8, 4) is 0 Å². The van der Waals surface area contributed by atoms with Crippen molar-refractivity contribution in [2.24, 2.45) is 0 Å². The van der Waals surface area contributed by atoms with Crippen molar-refractivity contribution in [3.05, 3.63) is 0 Å². The molecule has 3 heteroatoms. The minimum Gasteiger partial charge on any atom is -0.394 e. The van der Waals surface area contributed by atoms with E-state index in [0.717, 1.165) is 6.42 Å². The predicted molar refractivity (Wildman–Crippen MR) is 69.6 cm³/mol. The summed E-state index contributed by atoms with van der Waals surface area (Å²) in [5.41, 5.74) is 0. The average molecular weight is 245 g/mol. The van der Waals surface area contributed by atoms with Gasteiger partial charge in [-0.2, -0.15) is 0 Å². The third-order valence-electron chi connectivity index (χ3n) is 2.99. The molecule has 0 aromatic heterocycles. The van der Waals surface area contributed by atoms with Gasteiger partial charge < -0.3 is 9.84 Å². The molecule has 0 amide bonds. The second kappa shape index (κ2) is 13.9. The highest BCUT2D eigenvalue weighted by atomic mass is 16.5. The van der Waals surface area contributed by atoms with E-state index in [1.807, 2.05) is 0 Å². The van der Waals surface area contributed by atoms with E-state index >= 15 is 0 Å². The van der Waals surface area contributed by atoms with E-state index in [1.54, 1.807) is 0 Å². The van der Waals surface area contributed by atoms with Gasteiger partial charge >= 0.3 is 0 Å². The highest BCUT2D eigenvalue weighted by molar-refractivity contribution is 4.52. The van der Waals surface area contributed by atoms with Crippen LogP contribution in [0.25, 0.3) is 0 Å². The van der Waals surface area contributed by atoms with Crippen molar-refractivity contribution < 1.29 is 14.9 Å². The summed E-state index contributed by atoms with van der Waals surface area (Å²) in [6, 6.07) is 0. The van der Waals surface area contributed by atoms with Crippen molar-refractivity contribution >= 4 is 0 Å². The Balaban J connectivity index is 3.03. The van der Waals surface area contributed by atoms with Gasteiger partial charge in [-0.05, 0) is 6.42 Å². The Kier molecular flexibility index (Phi) is 13.8. The molecule has 1 N–H and O–H groups in total. The van der Waals surface area contributed by atoms with Crippen LogP contribution in [0.3, 0.4) is 0 Å². The molecule has 1 radical (unpaired) electrons. The number of unbranched alkanes of at least 4 members (excludes halogenated alkanes) is 8. The Hall–Kier alpha value is -0.120. The zero-order valence-electron chi connectivity index (χ0n) is 11.3. The van der Waals surface area contributed by atoms with E-state index in [9.17, 15) is 5.11 Å². The van der Waals surface area contributed by atoms with Gasteiger partial charge in [0.05, 0.1) is 6.61 Å². The molecule has 103 valence electrons. The van der Waals surface area contributed by atoms with Crippen LogP contribution in [0.15, 0.2) is 0 Å². The molecule has 0 bridgehead atoms. The van der Waals surface area contributed by atoms with Crippen LogP contribution < -0.4 is 0 Å². The van der Waals surface area contributed by atoms with Gasteiger partial charge in [0, 0.05) is 6.61 Å². The van der Waals surface area contributed by atoms with Gasteiger partial charge in [0.1, 0.15) is 12.7 Å². The van der Waals surface area contributed by atoms with Crippen LogP contribution in [0.2, 0.25) is 0 Å². The Morgan fingerprint density at radius 2 is 1.47 bits per heavy atom. The van der Waals surface area contributed by atoms with Gasteiger partial charge in [0.25, 0.3) is 0 Å². The third kappa shape index (κ3) is 12.1. The van der Waals surface area contributed by atoms with Crippen LogP contribution in [-0.2, 0) is 9.84 Å². The van der Waals surface area contributed by atoms with E-state index in [1.165, 1.54) is 51.4 Å². The van der Waals surface area contributed by atoms with Crippen LogP contribution in [0.4, 0.5) is 0 Å². The van der Waals surface area contributed by atoms with E-state index in [-0.39, 0.29) is 13.2 Å². The Labute approximate surface area is 106 Å². The number of aliphatic hydroxyl groups excluding tert-OH is 1. The maximum absolute atomic E-state index is 10.5. The summed E-state index contributed by atoms with van der Waals surface area (Å²) in [7, 11) is 0. The minimum absolute atomic E-state index is 0.152. The number of hydrogen-bond donors (Lipinski definition) is 1. The second-order valence-electron chi connectivity index (χ2n) is 4.67. The molecule has 0 aliphatic heterocycles. The molecule has 0 rings (SSSR count). The number of aliphatic hydroxyl groups is 1. The van der Waals surface area contributed by atoms with Gasteiger partial charge in [-0.25, -0.2) is 5.11 Å². The molecule has 17 heavy (non-hydrogen) atoms. The lowest BCUT2D eigenvalue weighted by Crippen LogP contribution is -2.21. The van der Waals surface area contributed by atoms with Crippen LogP contribution in [0, 0.1) is 0 Å². The molecule has 3 nitrogen and oxygen atoms in total. The predicted octanol–water partition coefficient (Wildman–Crippen LogP) is 3.33. The number of rotatable bonds is 13. The molecule has 0 saturated carbocycles. The molecule has 0 aromatic carbocycles. The van der Waals surface area contributed by atoms with E-state index in [0.29, 0.717) is 6.61 Å². The average Bonchev–Trinajstić information content (AvgIpc) is 2.36. The molecule has 0 saturated heterocycles. The zero-order chi connectivity index (χ0) is 12.8. The maximum Gasteiger partial charge on any atom is 0.111 e. The van der Waals surface area contributed by atoms with Crippen LogP contribution >= 0.6 is 0 Å². The largest absolute Gasteiger partial charge is 0.394 e. The Morgan fingerprint density at radius 3 is 1.94 bits per heavy atom. The first-order valence-electron chi connectivity index (χ1n) is 7.15. The molecule has 1 unspecified atom stereocenters. The highest BCUT2D eigenvalue weighted by Gasteiger charge is 2.05. The Morgan fingerprint density at radius 1 is 0.941 bits per heavy atom. The fourth-order valence-corrected chi connectivity index (χ4v) is 1.82. The molecule has 0 aliphatic carbocycles. The molecule has 0 fully saturated rings. The summed E-state index contributed by atoms with van der Waals surface area (Å²) in [6.07, 6.45) is 11.0. The van der Waals surface area contributed by atoms with Crippen LogP contribution in [-0.4, -0.2) is 31.0 Å². The lowest BCUT2D eigenvalue weighted by atomic mass is 10.1. The van der Waals surface area contributed by atoms with Gasteiger partial charge in [-0.1, -0.05) is 58.3 Å². The third-order valence-corrected chi connectivity index (χ3v) is 2.99. The summed E-state index contributed by atoms with van der Waals surface area (Å²) < 4.78 is 5.24. The topological polar surface area (TPSA) is 49.4 Å². The first-order chi connectivity index (χ1) is 8.35. The summed E-state index contributed by atoms with van der Waals surface area (Å²) in [4.78, 5) is 0. The van der Waals surface area contributed by atoms with Crippen molar-refractivity contribution in [1.82, 2.24) is 0 Å². The Bertz CT molecular complexity index is 135. The lowest BCUT2D eigenvalue weighted by Gasteiger charge is -2.11. The molecule has 0 aromatic rings. The van der Waals surface area contributed by atoms with Crippen molar-refractivity contribution in [1.29, 1.82) is 0 Å². The second-order valence-corrected chi connectivity index (χ2v) is 4.67. The fourth-order valence-electron chi connectivity index (χ4n) is 1.82. The van der Waals surface area contributed by atoms with Gasteiger partial charge in [-0.3, -0.25) is 0 Å². The normalized spacial score (nSPS) is 11.3. The smallest absolute Gasteiger partial charge is 0.111 e. The molecule has 0 spiro atoms.